The van der Waals surface area contributed by atoms with E-state index in [4.69, 9.17) is 10.2 Å². The zero-order chi connectivity index (χ0) is 11.4. The van der Waals surface area contributed by atoms with Gasteiger partial charge in [-0.15, -0.1) is 0 Å². The van der Waals surface area contributed by atoms with E-state index in [9.17, 15) is 0 Å². The molecule has 3 nitrogen and oxygen atoms in total. The van der Waals surface area contributed by atoms with Gasteiger partial charge >= 0.3 is 0 Å². The van der Waals surface area contributed by atoms with E-state index in [0.717, 1.165) is 18.0 Å². The highest BCUT2D eigenvalue weighted by molar-refractivity contribution is 5.28. The van der Waals surface area contributed by atoms with E-state index in [2.05, 4.69) is 24.0 Å². The highest BCUT2D eigenvalue weighted by Crippen LogP contribution is 2.13. The van der Waals surface area contributed by atoms with Crippen molar-refractivity contribution < 1.29 is 4.42 Å². The van der Waals surface area contributed by atoms with E-state index < -0.39 is 0 Å². The first-order chi connectivity index (χ1) is 7.79. The van der Waals surface area contributed by atoms with Gasteiger partial charge in [0.15, 0.2) is 5.89 Å². The zero-order valence-electron chi connectivity index (χ0n) is 9.44. The Bertz CT molecular complexity index is 462. The van der Waals surface area contributed by atoms with Gasteiger partial charge in [-0.2, -0.15) is 0 Å². The third-order valence-electron chi connectivity index (χ3n) is 2.59. The Morgan fingerprint density at radius 1 is 1.31 bits per heavy atom. The smallest absolute Gasteiger partial charge is 0.195 e. The molecule has 2 aromatic rings. The Hall–Kier alpha value is -1.61. The number of aryl methyl sites for hydroxylation is 1. The van der Waals surface area contributed by atoms with Crippen molar-refractivity contribution in [2.75, 3.05) is 6.54 Å². The zero-order valence-corrected chi connectivity index (χ0v) is 9.44. The quantitative estimate of drug-likeness (QED) is 0.851. The molecule has 0 aliphatic rings. The number of aromatic nitrogens is 1. The lowest BCUT2D eigenvalue weighted by atomic mass is 10.0. The van der Waals surface area contributed by atoms with Gasteiger partial charge in [-0.05, 0) is 18.1 Å². The average molecular weight is 216 g/mol. The number of nitrogens with zero attached hydrogens (tertiary/aromatic N) is 1. The summed E-state index contributed by atoms with van der Waals surface area (Å²) in [7, 11) is 0. The summed E-state index contributed by atoms with van der Waals surface area (Å²) in [6.45, 7) is 2.68. The third kappa shape index (κ3) is 2.49. The van der Waals surface area contributed by atoms with Crippen LogP contribution in [-0.4, -0.2) is 11.5 Å². The van der Waals surface area contributed by atoms with Crippen molar-refractivity contribution in [1.82, 2.24) is 4.98 Å². The maximum atomic E-state index is 5.45. The molecule has 1 aromatic heterocycles. The van der Waals surface area contributed by atoms with E-state index in [1.54, 1.807) is 6.26 Å². The molecule has 0 saturated heterocycles. The topological polar surface area (TPSA) is 52.0 Å². The second-order valence-electron chi connectivity index (χ2n) is 3.87. The normalized spacial score (nSPS) is 10.6. The number of hydrogen-bond donors (Lipinski definition) is 1. The number of hydrogen-bond acceptors (Lipinski definition) is 3. The van der Waals surface area contributed by atoms with Gasteiger partial charge in [0.2, 0.25) is 0 Å². The van der Waals surface area contributed by atoms with Crippen molar-refractivity contribution in [1.29, 1.82) is 0 Å². The molecule has 0 aliphatic heterocycles. The molecule has 0 unspecified atom stereocenters. The van der Waals surface area contributed by atoms with Crippen LogP contribution < -0.4 is 5.73 Å². The molecule has 0 amide bonds. The van der Waals surface area contributed by atoms with Crippen LogP contribution in [0.25, 0.3) is 0 Å². The second-order valence-corrected chi connectivity index (χ2v) is 3.87. The Labute approximate surface area is 95.3 Å². The first-order valence-corrected chi connectivity index (χ1v) is 5.47. The lowest BCUT2D eigenvalue weighted by molar-refractivity contribution is 0.496. The van der Waals surface area contributed by atoms with Gasteiger partial charge in [0.05, 0.1) is 5.69 Å². The molecule has 0 saturated carbocycles. The maximum Gasteiger partial charge on any atom is 0.195 e. The molecule has 1 aromatic carbocycles. The molecular weight excluding hydrogens is 200 g/mol. The van der Waals surface area contributed by atoms with E-state index >= 15 is 0 Å². The average Bonchev–Trinajstić information content (AvgIpc) is 2.70. The van der Waals surface area contributed by atoms with Gasteiger partial charge < -0.3 is 10.2 Å². The summed E-state index contributed by atoms with van der Waals surface area (Å²) in [4.78, 5) is 4.39. The van der Waals surface area contributed by atoms with E-state index in [1.165, 1.54) is 11.1 Å². The first kappa shape index (κ1) is 10.9. The van der Waals surface area contributed by atoms with Crippen LogP contribution in [0.1, 0.15) is 22.7 Å². The van der Waals surface area contributed by atoms with Crippen LogP contribution in [0.3, 0.4) is 0 Å². The van der Waals surface area contributed by atoms with Gasteiger partial charge in [0.25, 0.3) is 0 Å². The molecule has 2 rings (SSSR count). The molecule has 0 spiro atoms. The fourth-order valence-corrected chi connectivity index (χ4v) is 1.67. The van der Waals surface area contributed by atoms with Gasteiger partial charge in [0.1, 0.15) is 6.26 Å². The molecule has 0 aliphatic carbocycles. The van der Waals surface area contributed by atoms with Crippen molar-refractivity contribution in [3.05, 3.63) is 53.2 Å². The number of benzene rings is 1. The van der Waals surface area contributed by atoms with Gasteiger partial charge in [-0.3, -0.25) is 0 Å². The minimum absolute atomic E-state index is 0.574. The van der Waals surface area contributed by atoms with Crippen molar-refractivity contribution in [3.63, 3.8) is 0 Å². The molecule has 1 heterocycles. The molecular formula is C13H16N2O. The molecule has 0 radical (unpaired) electrons. The summed E-state index contributed by atoms with van der Waals surface area (Å²) in [5, 5.41) is 0. The minimum Gasteiger partial charge on any atom is -0.449 e. The van der Waals surface area contributed by atoms with E-state index in [-0.39, 0.29) is 0 Å². The van der Waals surface area contributed by atoms with Crippen molar-refractivity contribution in [3.8, 4) is 0 Å². The summed E-state index contributed by atoms with van der Waals surface area (Å²) in [6.07, 6.45) is 3.24. The van der Waals surface area contributed by atoms with Crippen molar-refractivity contribution >= 4 is 0 Å². The number of oxazole rings is 1. The van der Waals surface area contributed by atoms with E-state index in [0.29, 0.717) is 13.0 Å². The van der Waals surface area contributed by atoms with Gasteiger partial charge in [0, 0.05) is 19.4 Å². The maximum absolute atomic E-state index is 5.45. The standard InChI is InChI=1S/C13H16N2O/c1-10-4-2-3-5-11(10)8-12-9-16-13(15-12)6-7-14/h2-5,9H,6-8,14H2,1H3. The van der Waals surface area contributed by atoms with Crippen LogP contribution in [0.15, 0.2) is 34.9 Å². The van der Waals surface area contributed by atoms with Crippen LogP contribution in [0.4, 0.5) is 0 Å². The Morgan fingerprint density at radius 3 is 2.88 bits per heavy atom. The highest BCUT2D eigenvalue weighted by atomic mass is 16.3. The van der Waals surface area contributed by atoms with Crippen LogP contribution in [0.2, 0.25) is 0 Å². The monoisotopic (exact) mass is 216 g/mol. The summed E-state index contributed by atoms with van der Waals surface area (Å²) < 4.78 is 5.33. The summed E-state index contributed by atoms with van der Waals surface area (Å²) >= 11 is 0. The van der Waals surface area contributed by atoms with Crippen LogP contribution in [0.5, 0.6) is 0 Å². The third-order valence-corrected chi connectivity index (χ3v) is 2.59. The van der Waals surface area contributed by atoms with Crippen molar-refractivity contribution in [2.24, 2.45) is 5.73 Å². The molecule has 84 valence electrons. The molecule has 16 heavy (non-hydrogen) atoms. The molecule has 0 bridgehead atoms. The Balaban J connectivity index is 2.11. The summed E-state index contributed by atoms with van der Waals surface area (Å²) in [5.41, 5.74) is 8.99. The van der Waals surface area contributed by atoms with Crippen molar-refractivity contribution in [2.45, 2.75) is 19.8 Å². The first-order valence-electron chi connectivity index (χ1n) is 5.47. The van der Waals surface area contributed by atoms with Crippen LogP contribution in [0, 0.1) is 6.92 Å². The van der Waals surface area contributed by atoms with Gasteiger partial charge in [-0.25, -0.2) is 4.98 Å². The second kappa shape index (κ2) is 4.94. The molecule has 0 atom stereocenters. The fraction of sp³-hybridized carbons (Fsp3) is 0.308. The molecule has 3 heteroatoms. The van der Waals surface area contributed by atoms with Crippen LogP contribution in [-0.2, 0) is 12.8 Å². The van der Waals surface area contributed by atoms with E-state index in [1.807, 2.05) is 12.1 Å². The SMILES string of the molecule is Cc1ccccc1Cc1coc(CCN)n1. The van der Waals surface area contributed by atoms with Gasteiger partial charge in [-0.1, -0.05) is 24.3 Å². The molecule has 2 N–H and O–H groups in total. The number of rotatable bonds is 4. The summed E-state index contributed by atoms with van der Waals surface area (Å²) in [6, 6.07) is 8.31. The highest BCUT2D eigenvalue weighted by Gasteiger charge is 2.05. The largest absolute Gasteiger partial charge is 0.449 e. The predicted octanol–water partition coefficient (Wildman–Crippen LogP) is 2.08. The molecule has 0 fully saturated rings. The number of nitrogens with two attached hydrogens (primary N) is 1. The predicted molar refractivity (Wildman–Crippen MR) is 63.2 cm³/mol. The lowest BCUT2D eigenvalue weighted by Gasteiger charge is -2.01. The Kier molecular flexibility index (Phi) is 3.37. The van der Waals surface area contributed by atoms with Crippen LogP contribution >= 0.6 is 0 Å². The Morgan fingerprint density at radius 2 is 2.12 bits per heavy atom. The fourth-order valence-electron chi connectivity index (χ4n) is 1.67. The minimum atomic E-state index is 0.574. The lowest BCUT2D eigenvalue weighted by Crippen LogP contribution is -2.03. The summed E-state index contributed by atoms with van der Waals surface area (Å²) in [5.74, 6) is 0.728.